The molecule has 1 aliphatic rings. The van der Waals surface area contributed by atoms with Crippen molar-refractivity contribution in [2.75, 3.05) is 13.2 Å². The summed E-state index contributed by atoms with van der Waals surface area (Å²) < 4.78 is 12.5. The van der Waals surface area contributed by atoms with E-state index >= 15 is 0 Å². The number of imide groups is 1. The molecule has 0 aliphatic carbocycles. The van der Waals surface area contributed by atoms with Gasteiger partial charge in [0, 0.05) is 10.0 Å². The Hall–Kier alpha value is -2.51. The van der Waals surface area contributed by atoms with Gasteiger partial charge in [-0.2, -0.15) is 0 Å². The average Bonchev–Trinajstić information content (AvgIpc) is 2.98. The molecule has 0 atom stereocenters. The van der Waals surface area contributed by atoms with Crippen molar-refractivity contribution in [3.8, 4) is 11.5 Å². The van der Waals surface area contributed by atoms with Crippen LogP contribution in [0.3, 0.4) is 0 Å². The molecule has 0 saturated carbocycles. The number of allylic oxidation sites excluding steroid dienone is 1. The molecule has 1 saturated heterocycles. The zero-order chi connectivity index (χ0) is 22.4. The number of benzene rings is 2. The normalized spacial score (nSPS) is 14.9. The van der Waals surface area contributed by atoms with Crippen molar-refractivity contribution in [3.05, 3.63) is 75.1 Å². The van der Waals surface area contributed by atoms with Crippen LogP contribution in [0.4, 0.5) is 4.79 Å². The molecule has 0 radical (unpaired) electrons. The number of carbonyl (C=O) groups excluding carboxylic acids is 2. The van der Waals surface area contributed by atoms with Crippen molar-refractivity contribution in [1.82, 2.24) is 4.90 Å². The maximum absolute atomic E-state index is 12.9. The lowest BCUT2D eigenvalue weighted by Gasteiger charge is -2.16. The van der Waals surface area contributed by atoms with E-state index in [4.69, 9.17) is 9.47 Å². The van der Waals surface area contributed by atoms with E-state index in [-0.39, 0.29) is 17.7 Å². The van der Waals surface area contributed by atoms with Gasteiger partial charge in [-0.25, -0.2) is 0 Å². The Morgan fingerprint density at radius 2 is 1.90 bits per heavy atom. The van der Waals surface area contributed by atoms with Gasteiger partial charge in [-0.1, -0.05) is 34.1 Å². The van der Waals surface area contributed by atoms with Crippen LogP contribution in [0.1, 0.15) is 30.5 Å². The lowest BCUT2D eigenvalue weighted by molar-refractivity contribution is -0.123. The summed E-state index contributed by atoms with van der Waals surface area (Å²) >= 11 is 4.37. The lowest BCUT2D eigenvalue weighted by Crippen LogP contribution is -2.27. The van der Waals surface area contributed by atoms with E-state index < -0.39 is 0 Å². The number of halogens is 1. The molecule has 31 heavy (non-hydrogen) atoms. The highest BCUT2D eigenvalue weighted by molar-refractivity contribution is 9.10. The first-order valence-corrected chi connectivity index (χ1v) is 11.6. The number of thioether (sulfide) groups is 1. The molecule has 0 aromatic heterocycles. The Morgan fingerprint density at radius 3 is 2.58 bits per heavy atom. The Labute approximate surface area is 195 Å². The Bertz CT molecular complexity index is 1030. The van der Waals surface area contributed by atoms with Crippen LogP contribution in [-0.4, -0.2) is 29.3 Å². The standard InChI is InChI=1S/C24H24BrNO4S/c1-4-8-18-11-17(13-20(29-5-2)22(18)30-6-3)14-21-23(27)26(24(28)31-21)15-16-9-7-10-19(25)12-16/h4,7,9-14H,1,5-6,8,15H2,2-3H3/b21-14+. The van der Waals surface area contributed by atoms with Crippen molar-refractivity contribution in [3.63, 3.8) is 0 Å². The fraction of sp³-hybridized carbons (Fsp3) is 0.250. The van der Waals surface area contributed by atoms with Crippen molar-refractivity contribution >= 4 is 44.9 Å². The van der Waals surface area contributed by atoms with Crippen LogP contribution in [0, 0.1) is 0 Å². The Balaban J connectivity index is 1.92. The summed E-state index contributed by atoms with van der Waals surface area (Å²) in [5.74, 6) is 1.000. The number of amides is 2. The van der Waals surface area contributed by atoms with E-state index in [9.17, 15) is 9.59 Å². The third-order valence-corrected chi connectivity index (χ3v) is 5.91. The summed E-state index contributed by atoms with van der Waals surface area (Å²) in [6, 6.07) is 11.3. The maximum Gasteiger partial charge on any atom is 0.293 e. The van der Waals surface area contributed by atoms with E-state index in [1.807, 2.05) is 50.2 Å². The highest BCUT2D eigenvalue weighted by Gasteiger charge is 2.35. The average molecular weight is 502 g/mol. The Kier molecular flexibility index (Phi) is 7.98. The first-order chi connectivity index (χ1) is 15.0. The van der Waals surface area contributed by atoms with Gasteiger partial charge in [-0.15, -0.1) is 6.58 Å². The highest BCUT2D eigenvalue weighted by Crippen LogP contribution is 2.37. The summed E-state index contributed by atoms with van der Waals surface area (Å²) in [6.45, 7) is 8.88. The summed E-state index contributed by atoms with van der Waals surface area (Å²) in [7, 11) is 0. The predicted molar refractivity (Wildman–Crippen MR) is 128 cm³/mol. The van der Waals surface area contributed by atoms with Gasteiger partial charge < -0.3 is 9.47 Å². The fourth-order valence-electron chi connectivity index (χ4n) is 3.25. The van der Waals surface area contributed by atoms with Crippen molar-refractivity contribution in [2.45, 2.75) is 26.8 Å². The molecule has 5 nitrogen and oxygen atoms in total. The number of hydrogen-bond acceptors (Lipinski definition) is 5. The number of nitrogens with zero attached hydrogens (tertiary/aromatic N) is 1. The molecule has 0 spiro atoms. The molecule has 2 amide bonds. The van der Waals surface area contributed by atoms with Gasteiger partial charge >= 0.3 is 0 Å². The third-order valence-electron chi connectivity index (χ3n) is 4.51. The molecule has 1 aliphatic heterocycles. The SMILES string of the molecule is C=CCc1cc(/C=C2/SC(=O)N(Cc3cccc(Br)c3)C2=O)cc(OCC)c1OCC. The molecular formula is C24H24BrNO4S. The number of rotatable bonds is 9. The van der Waals surface area contributed by atoms with E-state index in [2.05, 4.69) is 22.5 Å². The molecule has 0 bridgehead atoms. The molecule has 1 fully saturated rings. The second-order valence-electron chi connectivity index (χ2n) is 6.76. The second kappa shape index (κ2) is 10.7. The lowest BCUT2D eigenvalue weighted by atomic mass is 10.0. The molecule has 2 aromatic rings. The quantitative estimate of drug-likeness (QED) is 0.301. The maximum atomic E-state index is 12.9. The first-order valence-electron chi connectivity index (χ1n) is 10.00. The van der Waals surface area contributed by atoms with Gasteiger partial charge in [-0.3, -0.25) is 14.5 Å². The van der Waals surface area contributed by atoms with E-state index in [0.717, 1.165) is 32.9 Å². The monoisotopic (exact) mass is 501 g/mol. The van der Waals surface area contributed by atoms with Gasteiger partial charge in [0.2, 0.25) is 0 Å². The summed E-state index contributed by atoms with van der Waals surface area (Å²) in [5.41, 5.74) is 2.57. The molecule has 7 heteroatoms. The molecule has 0 N–H and O–H groups in total. The summed E-state index contributed by atoms with van der Waals surface area (Å²) in [4.78, 5) is 27.1. The highest BCUT2D eigenvalue weighted by atomic mass is 79.9. The third kappa shape index (κ3) is 5.60. The minimum atomic E-state index is -0.299. The van der Waals surface area contributed by atoms with Crippen LogP contribution in [0.5, 0.6) is 11.5 Å². The van der Waals surface area contributed by atoms with Gasteiger partial charge in [0.15, 0.2) is 11.5 Å². The number of hydrogen-bond donors (Lipinski definition) is 0. The van der Waals surface area contributed by atoms with Gasteiger partial charge in [0.05, 0.1) is 24.7 Å². The minimum absolute atomic E-state index is 0.233. The van der Waals surface area contributed by atoms with E-state index in [1.165, 1.54) is 4.90 Å². The molecule has 0 unspecified atom stereocenters. The molecule has 3 rings (SSSR count). The number of ether oxygens (including phenoxy) is 2. The zero-order valence-corrected chi connectivity index (χ0v) is 19.9. The zero-order valence-electron chi connectivity index (χ0n) is 17.5. The molecule has 162 valence electrons. The van der Waals surface area contributed by atoms with Crippen LogP contribution in [-0.2, 0) is 17.8 Å². The molecule has 2 aromatic carbocycles. The topological polar surface area (TPSA) is 55.8 Å². The van der Waals surface area contributed by atoms with Crippen LogP contribution < -0.4 is 9.47 Å². The van der Waals surface area contributed by atoms with Crippen LogP contribution >= 0.6 is 27.7 Å². The van der Waals surface area contributed by atoms with Crippen molar-refractivity contribution < 1.29 is 19.1 Å². The van der Waals surface area contributed by atoms with Gasteiger partial charge in [0.25, 0.3) is 11.1 Å². The summed E-state index contributed by atoms with van der Waals surface area (Å²) in [5, 5.41) is -0.279. The predicted octanol–water partition coefficient (Wildman–Crippen LogP) is 6.21. The second-order valence-corrected chi connectivity index (χ2v) is 8.67. The van der Waals surface area contributed by atoms with E-state index in [1.54, 1.807) is 12.2 Å². The molecule has 1 heterocycles. The van der Waals surface area contributed by atoms with Crippen LogP contribution in [0.2, 0.25) is 0 Å². The van der Waals surface area contributed by atoms with Gasteiger partial charge in [0.1, 0.15) is 0 Å². The van der Waals surface area contributed by atoms with Crippen LogP contribution in [0.25, 0.3) is 6.08 Å². The van der Waals surface area contributed by atoms with Crippen molar-refractivity contribution in [2.24, 2.45) is 0 Å². The summed E-state index contributed by atoms with van der Waals surface area (Å²) in [6.07, 6.45) is 4.13. The van der Waals surface area contributed by atoms with Crippen LogP contribution in [0.15, 0.2) is 58.4 Å². The van der Waals surface area contributed by atoms with Gasteiger partial charge in [-0.05, 0) is 73.5 Å². The molecular weight excluding hydrogens is 478 g/mol. The number of carbonyl (C=O) groups is 2. The largest absolute Gasteiger partial charge is 0.490 e. The fourth-order valence-corrected chi connectivity index (χ4v) is 4.54. The minimum Gasteiger partial charge on any atom is -0.490 e. The Morgan fingerprint density at radius 1 is 1.13 bits per heavy atom. The van der Waals surface area contributed by atoms with Crippen molar-refractivity contribution in [1.29, 1.82) is 0 Å². The first kappa shape index (κ1) is 23.2. The van der Waals surface area contributed by atoms with E-state index in [0.29, 0.717) is 36.0 Å². The smallest absolute Gasteiger partial charge is 0.293 e.